The number of nitro benzene ring substituents is 1. The molecule has 0 atom stereocenters. The summed E-state index contributed by atoms with van der Waals surface area (Å²) < 4.78 is 0. The van der Waals surface area contributed by atoms with Crippen LogP contribution in [0.5, 0.6) is 0 Å². The van der Waals surface area contributed by atoms with Crippen molar-refractivity contribution in [1.29, 1.82) is 0 Å². The molecular weight excluding hydrogens is 232 g/mol. The maximum absolute atomic E-state index is 11.5. The lowest BCUT2D eigenvalue weighted by Gasteiger charge is -2.08. The average molecular weight is 244 g/mol. The van der Waals surface area contributed by atoms with E-state index in [-0.39, 0.29) is 11.2 Å². The average Bonchev–Trinajstić information content (AvgIpc) is 2.34. The van der Waals surface area contributed by atoms with Crippen LogP contribution < -0.4 is 5.56 Å². The molecule has 0 aliphatic rings. The van der Waals surface area contributed by atoms with E-state index in [9.17, 15) is 14.9 Å². The number of aromatic amines is 1. The Labute approximate surface area is 103 Å². The Kier molecular flexibility index (Phi) is 2.97. The fourth-order valence-corrected chi connectivity index (χ4v) is 1.84. The van der Waals surface area contributed by atoms with E-state index in [0.29, 0.717) is 5.56 Å². The molecule has 18 heavy (non-hydrogen) atoms. The van der Waals surface area contributed by atoms with Crippen molar-refractivity contribution >= 4 is 5.69 Å². The first-order chi connectivity index (χ1) is 8.49. The van der Waals surface area contributed by atoms with Gasteiger partial charge in [-0.05, 0) is 30.5 Å². The SMILES string of the molecule is Cc1[nH]c(=O)cc(-c2cccc([N+](=O)[O-])c2)c1C. The topological polar surface area (TPSA) is 76.0 Å². The summed E-state index contributed by atoms with van der Waals surface area (Å²) in [7, 11) is 0. The molecule has 92 valence electrons. The number of H-pyrrole nitrogens is 1. The first-order valence-electron chi connectivity index (χ1n) is 5.44. The summed E-state index contributed by atoms with van der Waals surface area (Å²) in [5.41, 5.74) is 2.89. The molecule has 0 radical (unpaired) electrons. The van der Waals surface area contributed by atoms with E-state index in [0.717, 1.165) is 16.8 Å². The molecule has 0 aliphatic heterocycles. The molecule has 0 unspecified atom stereocenters. The molecular formula is C13H12N2O3. The molecule has 1 aromatic carbocycles. The summed E-state index contributed by atoms with van der Waals surface area (Å²) in [6.07, 6.45) is 0. The predicted octanol–water partition coefficient (Wildman–Crippen LogP) is 2.57. The number of nitro groups is 1. The van der Waals surface area contributed by atoms with Gasteiger partial charge in [0.05, 0.1) is 4.92 Å². The van der Waals surface area contributed by atoms with Crippen LogP contribution in [0.15, 0.2) is 35.1 Å². The number of non-ortho nitro benzene ring substituents is 1. The first-order valence-corrected chi connectivity index (χ1v) is 5.44. The second-order valence-corrected chi connectivity index (χ2v) is 4.10. The zero-order chi connectivity index (χ0) is 13.3. The molecule has 2 aromatic rings. The molecule has 0 saturated carbocycles. The van der Waals surface area contributed by atoms with Gasteiger partial charge in [-0.25, -0.2) is 0 Å². The Bertz CT molecular complexity index is 674. The highest BCUT2D eigenvalue weighted by molar-refractivity contribution is 5.69. The summed E-state index contributed by atoms with van der Waals surface area (Å²) in [6.45, 7) is 3.68. The van der Waals surface area contributed by atoms with Crippen LogP contribution in [0.25, 0.3) is 11.1 Å². The van der Waals surface area contributed by atoms with E-state index in [1.807, 2.05) is 6.92 Å². The molecule has 0 aliphatic carbocycles. The van der Waals surface area contributed by atoms with Gasteiger partial charge in [-0.3, -0.25) is 14.9 Å². The van der Waals surface area contributed by atoms with E-state index in [1.54, 1.807) is 19.1 Å². The molecule has 0 bridgehead atoms. The summed E-state index contributed by atoms with van der Waals surface area (Å²) in [4.78, 5) is 24.5. The van der Waals surface area contributed by atoms with E-state index < -0.39 is 4.92 Å². The van der Waals surface area contributed by atoms with Gasteiger partial charge in [-0.2, -0.15) is 0 Å². The van der Waals surface area contributed by atoms with E-state index in [2.05, 4.69) is 4.98 Å². The fraction of sp³-hybridized carbons (Fsp3) is 0.154. The largest absolute Gasteiger partial charge is 0.326 e. The molecule has 0 saturated heterocycles. The van der Waals surface area contributed by atoms with E-state index in [4.69, 9.17) is 0 Å². The van der Waals surface area contributed by atoms with Crippen molar-refractivity contribution < 1.29 is 4.92 Å². The molecule has 0 amide bonds. The zero-order valence-corrected chi connectivity index (χ0v) is 10.1. The van der Waals surface area contributed by atoms with Crippen molar-refractivity contribution in [2.75, 3.05) is 0 Å². The van der Waals surface area contributed by atoms with Gasteiger partial charge < -0.3 is 4.98 Å². The smallest absolute Gasteiger partial charge is 0.270 e. The van der Waals surface area contributed by atoms with Crippen LogP contribution in [-0.2, 0) is 0 Å². The Morgan fingerprint density at radius 1 is 1.22 bits per heavy atom. The quantitative estimate of drug-likeness (QED) is 0.651. The van der Waals surface area contributed by atoms with Crippen LogP contribution in [0.3, 0.4) is 0 Å². The van der Waals surface area contributed by atoms with Gasteiger partial charge in [0.25, 0.3) is 5.69 Å². The van der Waals surface area contributed by atoms with Crippen LogP contribution in [-0.4, -0.2) is 9.91 Å². The maximum Gasteiger partial charge on any atom is 0.270 e. The number of pyridine rings is 1. The third kappa shape index (κ3) is 2.15. The Hall–Kier alpha value is -2.43. The number of hydrogen-bond acceptors (Lipinski definition) is 3. The van der Waals surface area contributed by atoms with Crippen molar-refractivity contribution in [3.63, 3.8) is 0 Å². The van der Waals surface area contributed by atoms with Crippen LogP contribution in [0.1, 0.15) is 11.3 Å². The second-order valence-electron chi connectivity index (χ2n) is 4.10. The van der Waals surface area contributed by atoms with Gasteiger partial charge in [0.2, 0.25) is 5.56 Å². The number of nitrogens with zero attached hydrogens (tertiary/aromatic N) is 1. The van der Waals surface area contributed by atoms with E-state index >= 15 is 0 Å². The van der Waals surface area contributed by atoms with Crippen LogP contribution in [0.2, 0.25) is 0 Å². The van der Waals surface area contributed by atoms with Crippen molar-refractivity contribution in [3.05, 3.63) is 62.1 Å². The standard InChI is InChI=1S/C13H12N2O3/c1-8-9(2)14-13(16)7-12(8)10-4-3-5-11(6-10)15(17)18/h3-7H,1-2H3,(H,14,16). The molecule has 1 N–H and O–H groups in total. The predicted molar refractivity (Wildman–Crippen MR) is 68.6 cm³/mol. The minimum Gasteiger partial charge on any atom is -0.326 e. The highest BCUT2D eigenvalue weighted by atomic mass is 16.6. The normalized spacial score (nSPS) is 10.3. The minimum absolute atomic E-state index is 0.0184. The summed E-state index contributed by atoms with van der Waals surface area (Å²) in [6, 6.07) is 7.74. The summed E-state index contributed by atoms with van der Waals surface area (Å²) >= 11 is 0. The number of aromatic nitrogens is 1. The molecule has 5 nitrogen and oxygen atoms in total. The van der Waals surface area contributed by atoms with E-state index in [1.165, 1.54) is 18.2 Å². The third-order valence-corrected chi connectivity index (χ3v) is 2.92. The zero-order valence-electron chi connectivity index (χ0n) is 10.1. The van der Waals surface area contributed by atoms with Crippen LogP contribution in [0, 0.1) is 24.0 Å². The number of aryl methyl sites for hydroxylation is 1. The maximum atomic E-state index is 11.5. The number of benzene rings is 1. The van der Waals surface area contributed by atoms with Crippen molar-refractivity contribution in [2.45, 2.75) is 13.8 Å². The van der Waals surface area contributed by atoms with Gasteiger partial charge in [0.1, 0.15) is 0 Å². The van der Waals surface area contributed by atoms with Crippen LogP contribution in [0.4, 0.5) is 5.69 Å². The van der Waals surface area contributed by atoms with Crippen molar-refractivity contribution in [1.82, 2.24) is 4.98 Å². The Morgan fingerprint density at radius 2 is 1.94 bits per heavy atom. The van der Waals surface area contributed by atoms with Gasteiger partial charge in [-0.15, -0.1) is 0 Å². The highest BCUT2D eigenvalue weighted by Crippen LogP contribution is 2.26. The number of nitrogens with one attached hydrogen (secondary N) is 1. The van der Waals surface area contributed by atoms with Gasteiger partial charge >= 0.3 is 0 Å². The van der Waals surface area contributed by atoms with Crippen molar-refractivity contribution in [2.24, 2.45) is 0 Å². The highest BCUT2D eigenvalue weighted by Gasteiger charge is 2.10. The lowest BCUT2D eigenvalue weighted by Crippen LogP contribution is -2.08. The molecule has 0 spiro atoms. The van der Waals surface area contributed by atoms with Gasteiger partial charge in [0.15, 0.2) is 0 Å². The summed E-state index contributed by atoms with van der Waals surface area (Å²) in [5, 5.41) is 10.7. The lowest BCUT2D eigenvalue weighted by molar-refractivity contribution is -0.384. The van der Waals surface area contributed by atoms with Crippen LogP contribution >= 0.6 is 0 Å². The molecule has 2 rings (SSSR count). The third-order valence-electron chi connectivity index (χ3n) is 2.92. The summed E-state index contributed by atoms with van der Waals surface area (Å²) in [5.74, 6) is 0. The molecule has 5 heteroatoms. The first kappa shape index (κ1) is 12.0. The Balaban J connectivity index is 2.65. The Morgan fingerprint density at radius 3 is 2.61 bits per heavy atom. The number of rotatable bonds is 2. The van der Waals surface area contributed by atoms with Crippen molar-refractivity contribution in [3.8, 4) is 11.1 Å². The molecule has 0 fully saturated rings. The molecule has 1 heterocycles. The second kappa shape index (κ2) is 4.44. The molecule has 1 aromatic heterocycles. The lowest BCUT2D eigenvalue weighted by atomic mass is 10.00. The minimum atomic E-state index is -0.446. The van der Waals surface area contributed by atoms with Gasteiger partial charge in [-0.1, -0.05) is 12.1 Å². The number of hydrogen-bond donors (Lipinski definition) is 1. The fourth-order valence-electron chi connectivity index (χ4n) is 1.84. The van der Waals surface area contributed by atoms with Gasteiger partial charge in [0, 0.05) is 23.9 Å². The monoisotopic (exact) mass is 244 g/mol.